The first-order valence-electron chi connectivity index (χ1n) is 14.2. The molecule has 22 heteroatoms. The van der Waals surface area contributed by atoms with Crippen molar-refractivity contribution in [3.63, 3.8) is 0 Å². The summed E-state index contributed by atoms with van der Waals surface area (Å²) in [7, 11) is 0. The van der Waals surface area contributed by atoms with Gasteiger partial charge in [0.2, 0.25) is 23.3 Å². The number of amides is 2. The zero-order chi connectivity index (χ0) is 34.2. The number of fused-ring (bicyclic) bond motifs is 2. The second-order valence-electron chi connectivity index (χ2n) is 11.1. The van der Waals surface area contributed by atoms with Crippen molar-refractivity contribution < 1.29 is 38.9 Å². The van der Waals surface area contributed by atoms with Crippen LogP contribution in [0.5, 0.6) is 0 Å². The van der Waals surface area contributed by atoms with Crippen LogP contribution in [0.15, 0.2) is 22.6 Å². The van der Waals surface area contributed by atoms with Gasteiger partial charge in [0.25, 0.3) is 11.8 Å². The van der Waals surface area contributed by atoms with E-state index in [9.17, 15) is 29.4 Å². The van der Waals surface area contributed by atoms with Gasteiger partial charge in [-0.1, -0.05) is 5.16 Å². The Kier molecular flexibility index (Phi) is 9.27. The van der Waals surface area contributed by atoms with Crippen molar-refractivity contribution >= 4 is 75.4 Å². The zero-order valence-electron chi connectivity index (χ0n) is 25.3. The third-order valence-corrected chi connectivity index (χ3v) is 9.39. The molecule has 20 nitrogen and oxygen atoms in total. The molecule has 2 amide bonds. The number of carbonyl (C=O) groups excluding carboxylic acids is 2. The molecule has 3 aliphatic rings. The van der Waals surface area contributed by atoms with E-state index < -0.39 is 46.5 Å². The summed E-state index contributed by atoms with van der Waals surface area (Å²) in [5.41, 5.74) is 15.8. The summed E-state index contributed by atoms with van der Waals surface area (Å²) < 4.78 is 7.69. The van der Waals surface area contributed by atoms with Crippen LogP contribution in [0.1, 0.15) is 26.1 Å². The van der Waals surface area contributed by atoms with Crippen LogP contribution in [-0.2, 0) is 37.1 Å². The number of carboxylic acids is 2. The fourth-order valence-corrected chi connectivity index (χ4v) is 6.88. The summed E-state index contributed by atoms with van der Waals surface area (Å²) in [5.74, 6) is -3.72. The molecule has 252 valence electrons. The van der Waals surface area contributed by atoms with E-state index in [2.05, 4.69) is 25.1 Å². The monoisotopic (exact) mass is 692 g/mol. The number of rotatable bonds is 13. The molecule has 3 aliphatic heterocycles. The van der Waals surface area contributed by atoms with Gasteiger partial charge in [-0.05, 0) is 26.8 Å². The predicted octanol–water partition coefficient (Wildman–Crippen LogP) is -2.29. The normalized spacial score (nSPS) is 19.0. The van der Waals surface area contributed by atoms with E-state index in [1.54, 1.807) is 11.1 Å². The summed E-state index contributed by atoms with van der Waals surface area (Å²) in [6.45, 7) is 4.60. The topological polar surface area (TPSA) is 297 Å². The summed E-state index contributed by atoms with van der Waals surface area (Å²) in [5, 5.41) is 36.4. The van der Waals surface area contributed by atoms with Crippen molar-refractivity contribution in [1.82, 2.24) is 24.3 Å². The molecule has 47 heavy (non-hydrogen) atoms. The van der Waals surface area contributed by atoms with E-state index in [4.69, 9.17) is 27.4 Å². The number of hydrogen-bond acceptors (Lipinski definition) is 14. The van der Waals surface area contributed by atoms with Gasteiger partial charge in [0, 0.05) is 35.9 Å². The van der Waals surface area contributed by atoms with Gasteiger partial charge in [-0.15, -0.1) is 21.1 Å². The minimum Gasteiger partial charge on any atom is -0.478 e. The third kappa shape index (κ3) is 6.38. The lowest BCUT2D eigenvalue weighted by Gasteiger charge is -2.49. The van der Waals surface area contributed by atoms with Crippen LogP contribution in [-0.4, -0.2) is 107 Å². The zero-order valence-corrected chi connectivity index (χ0v) is 26.9. The largest absolute Gasteiger partial charge is 0.478 e. The van der Waals surface area contributed by atoms with Crippen LogP contribution >= 0.6 is 23.3 Å². The molecule has 0 bridgehead atoms. The highest BCUT2D eigenvalue weighted by atomic mass is 32.2. The molecular weight excluding hydrogens is 658 g/mol. The number of nitrogens with two attached hydrogens (primary N) is 3. The summed E-state index contributed by atoms with van der Waals surface area (Å²) in [6, 6.07) is -1.13. The molecule has 0 aromatic carbocycles. The lowest BCUT2D eigenvalue weighted by Crippen LogP contribution is -2.71. The Bertz CT molecular complexity index is 1700. The molecule has 0 unspecified atom stereocenters. The molecule has 0 saturated carbocycles. The molecule has 2 atom stereocenters. The number of thioether (sulfide) groups is 1. The Hall–Kier alpha value is -4.96. The Balaban J connectivity index is 1.38. The summed E-state index contributed by atoms with van der Waals surface area (Å²) >= 11 is 2.03. The molecule has 5 heterocycles. The van der Waals surface area contributed by atoms with Crippen LogP contribution in [0.3, 0.4) is 0 Å². The first-order chi connectivity index (χ1) is 22.2. The number of oxime groups is 1. The molecule has 2 aromatic rings. The highest BCUT2D eigenvalue weighted by Gasteiger charge is 2.55. The van der Waals surface area contributed by atoms with Crippen molar-refractivity contribution in [2.45, 2.75) is 50.4 Å². The maximum Gasteiger partial charge on any atom is 0.352 e. The number of nitrogens with one attached hydrogen (secondary N) is 3. The average molecular weight is 693 g/mol. The van der Waals surface area contributed by atoms with Gasteiger partial charge in [-0.2, -0.15) is 9.36 Å². The third-order valence-electron chi connectivity index (χ3n) is 7.50. The molecule has 1 fully saturated rings. The number of guanidine groups is 1. The molecular formula is C25H34N13O7S2+. The Morgan fingerprint density at radius 1 is 1.36 bits per heavy atom. The van der Waals surface area contributed by atoms with E-state index in [1.165, 1.54) is 25.6 Å². The number of aliphatic carboxylic acids is 2. The minimum absolute atomic E-state index is 0.00875. The van der Waals surface area contributed by atoms with Crippen molar-refractivity contribution in [2.24, 2.45) is 16.6 Å². The Morgan fingerprint density at radius 2 is 2.11 bits per heavy atom. The molecule has 0 aliphatic carbocycles. The fraction of sp³-hybridized carbons (Fsp3) is 0.480. The first kappa shape index (κ1) is 33.4. The van der Waals surface area contributed by atoms with Crippen LogP contribution in [0.2, 0.25) is 0 Å². The smallest absolute Gasteiger partial charge is 0.352 e. The first-order valence-corrected chi connectivity index (χ1v) is 16.1. The maximum atomic E-state index is 13.4. The van der Waals surface area contributed by atoms with E-state index in [0.29, 0.717) is 43.9 Å². The SMILES string of the molecule is CC(C)(O/N=C(\C(=O)N[C@@H]1C(=O)N2C(C(=O)O)=C(C[n+]3cc(N(CCCN)C(=N)N)c4n3CCN4)CS[C@H]12)c1nsc(N)n1)C(=O)O. The van der Waals surface area contributed by atoms with E-state index >= 15 is 0 Å². The number of anilines is 3. The van der Waals surface area contributed by atoms with Gasteiger partial charge >= 0.3 is 11.9 Å². The number of aromatic nitrogens is 4. The van der Waals surface area contributed by atoms with Crippen LogP contribution in [0.4, 0.5) is 16.6 Å². The number of hydrogen-bond donors (Lipinski definition) is 8. The van der Waals surface area contributed by atoms with Crippen molar-refractivity contribution in [3.8, 4) is 0 Å². The van der Waals surface area contributed by atoms with E-state index in [0.717, 1.165) is 22.3 Å². The van der Waals surface area contributed by atoms with Crippen LogP contribution < -0.4 is 37.4 Å². The minimum atomic E-state index is -1.81. The van der Waals surface area contributed by atoms with Gasteiger partial charge < -0.3 is 47.8 Å². The van der Waals surface area contributed by atoms with Gasteiger partial charge in [0.05, 0.1) is 6.54 Å². The van der Waals surface area contributed by atoms with Crippen molar-refractivity contribution in [3.05, 3.63) is 23.3 Å². The fourth-order valence-electron chi connectivity index (χ4n) is 5.11. The number of carbonyl (C=O) groups is 4. The van der Waals surface area contributed by atoms with Gasteiger partial charge in [0.1, 0.15) is 17.1 Å². The van der Waals surface area contributed by atoms with Crippen LogP contribution in [0.25, 0.3) is 0 Å². The Labute approximate surface area is 275 Å². The quantitative estimate of drug-likeness (QED) is 0.0360. The van der Waals surface area contributed by atoms with E-state index in [-0.39, 0.29) is 34.9 Å². The summed E-state index contributed by atoms with van der Waals surface area (Å²) in [4.78, 5) is 62.5. The molecule has 0 spiro atoms. The number of nitrogens with zero attached hydrogens (tertiary/aromatic N) is 7. The second kappa shape index (κ2) is 13.0. The standard InChI is InChI=1S/C25H33N13O7S2/c1-25(2,22(43)44)45-33-13(16-32-24(29)47-34-16)18(39)31-14-19(40)38-15(21(41)42)11(10-46-20(14)38)8-35-9-12(17-30-5-7-37(17)35)36(23(27)28)6-3-4-26/h9,14,20H,3-8,10,26H2,1-2H3,(H8,27,28,29,31,32,34,39,41,42,43,44)/p+1/b33-13-/t14-,20-/m1/s1. The van der Waals surface area contributed by atoms with Gasteiger partial charge in [0.15, 0.2) is 29.1 Å². The second-order valence-corrected chi connectivity index (χ2v) is 13.0. The number of nitrogen functional groups attached to an aromatic ring is 1. The molecule has 1 saturated heterocycles. The lowest BCUT2D eigenvalue weighted by atomic mass is 10.0. The average Bonchev–Trinajstić information content (AvgIpc) is 3.74. The van der Waals surface area contributed by atoms with Gasteiger partial charge in [-0.3, -0.25) is 19.9 Å². The molecule has 11 N–H and O–H groups in total. The number of β-lactam (4-membered cyclic amide) rings is 1. The van der Waals surface area contributed by atoms with Gasteiger partial charge in [-0.25, -0.2) is 9.59 Å². The summed E-state index contributed by atoms with van der Waals surface area (Å²) in [6.07, 6.45) is 2.37. The molecule has 0 radical (unpaired) electrons. The highest BCUT2D eigenvalue weighted by molar-refractivity contribution is 8.00. The van der Waals surface area contributed by atoms with Crippen molar-refractivity contribution in [1.29, 1.82) is 5.41 Å². The maximum absolute atomic E-state index is 13.4. The van der Waals surface area contributed by atoms with Crippen LogP contribution in [0, 0.1) is 5.41 Å². The predicted molar refractivity (Wildman–Crippen MR) is 169 cm³/mol. The van der Waals surface area contributed by atoms with E-state index in [1.807, 2.05) is 9.36 Å². The molecule has 5 rings (SSSR count). The van der Waals surface area contributed by atoms with Crippen molar-refractivity contribution in [2.75, 3.05) is 41.3 Å². The lowest BCUT2D eigenvalue weighted by molar-refractivity contribution is -0.766. The number of carboxylic acid groups (broad SMARTS) is 2. The Morgan fingerprint density at radius 3 is 2.72 bits per heavy atom. The highest BCUT2D eigenvalue weighted by Crippen LogP contribution is 2.40. The molecule has 2 aromatic heterocycles.